The Hall–Kier alpha value is -3.02. The van der Waals surface area contributed by atoms with E-state index in [-0.39, 0.29) is 5.89 Å². The second kappa shape index (κ2) is 5.96. The molecule has 0 saturated heterocycles. The zero-order valence-electron chi connectivity index (χ0n) is 11.1. The molecule has 0 aliphatic heterocycles. The molecule has 2 aromatic heterocycles. The third-order valence-corrected chi connectivity index (χ3v) is 2.84. The summed E-state index contributed by atoms with van der Waals surface area (Å²) < 4.78 is 4.97. The zero-order valence-corrected chi connectivity index (χ0v) is 11.1. The van der Waals surface area contributed by atoms with E-state index in [0.717, 1.165) is 5.56 Å². The predicted octanol–water partition coefficient (Wildman–Crippen LogP) is 2.06. The fourth-order valence-electron chi connectivity index (χ4n) is 1.78. The maximum atomic E-state index is 11.9. The van der Waals surface area contributed by atoms with Crippen molar-refractivity contribution in [3.8, 4) is 11.4 Å². The van der Waals surface area contributed by atoms with Crippen molar-refractivity contribution in [1.29, 1.82) is 0 Å². The smallest absolute Gasteiger partial charge is 0.316 e. The van der Waals surface area contributed by atoms with Gasteiger partial charge in [-0.1, -0.05) is 35.5 Å². The van der Waals surface area contributed by atoms with Gasteiger partial charge in [0.1, 0.15) is 0 Å². The minimum atomic E-state index is -0.401. The number of amides is 1. The minimum Gasteiger partial charge on any atom is -0.344 e. The van der Waals surface area contributed by atoms with E-state index in [1.807, 2.05) is 30.3 Å². The van der Waals surface area contributed by atoms with Crippen molar-refractivity contribution in [3.05, 3.63) is 66.3 Å². The van der Waals surface area contributed by atoms with Gasteiger partial charge < -0.3 is 9.84 Å². The molecule has 3 rings (SSSR count). The Kier molecular flexibility index (Phi) is 3.68. The molecule has 0 saturated carbocycles. The van der Waals surface area contributed by atoms with Crippen LogP contribution in [0, 0.1) is 0 Å². The van der Waals surface area contributed by atoms with Crippen LogP contribution in [0.4, 0.5) is 0 Å². The van der Waals surface area contributed by atoms with Crippen molar-refractivity contribution < 1.29 is 9.32 Å². The molecule has 21 heavy (non-hydrogen) atoms. The van der Waals surface area contributed by atoms with Crippen LogP contribution in [0.1, 0.15) is 16.2 Å². The Balaban J connectivity index is 1.67. The molecule has 1 N–H and O–H groups in total. The normalized spacial score (nSPS) is 10.3. The van der Waals surface area contributed by atoms with Gasteiger partial charge >= 0.3 is 11.8 Å². The summed E-state index contributed by atoms with van der Waals surface area (Å²) in [4.78, 5) is 20.0. The summed E-state index contributed by atoms with van der Waals surface area (Å²) in [5, 5.41) is 6.50. The summed E-state index contributed by atoms with van der Waals surface area (Å²) in [7, 11) is 0. The first kappa shape index (κ1) is 13.0. The molecule has 0 aliphatic carbocycles. The zero-order chi connectivity index (χ0) is 14.5. The van der Waals surface area contributed by atoms with Gasteiger partial charge in [-0.3, -0.25) is 9.78 Å². The second-order valence-electron chi connectivity index (χ2n) is 4.33. The Morgan fingerprint density at radius 3 is 2.76 bits per heavy atom. The van der Waals surface area contributed by atoms with E-state index in [9.17, 15) is 4.79 Å². The number of nitrogens with one attached hydrogen (secondary N) is 1. The summed E-state index contributed by atoms with van der Waals surface area (Å²) >= 11 is 0. The number of carbonyl (C=O) groups excluding carboxylic acids is 1. The van der Waals surface area contributed by atoms with Gasteiger partial charge in [-0.25, -0.2) is 0 Å². The molecule has 0 aliphatic rings. The third-order valence-electron chi connectivity index (χ3n) is 2.84. The average Bonchev–Trinajstić information content (AvgIpc) is 3.04. The van der Waals surface area contributed by atoms with Crippen LogP contribution in [0.3, 0.4) is 0 Å². The summed E-state index contributed by atoms with van der Waals surface area (Å²) in [5.74, 6) is -0.126. The molecule has 0 atom stereocenters. The maximum absolute atomic E-state index is 11.9. The van der Waals surface area contributed by atoms with Crippen LogP contribution in [0.2, 0.25) is 0 Å². The SMILES string of the molecule is O=C(NCc1ccccc1)c1nc(-c2cccnc2)no1. The van der Waals surface area contributed by atoms with Crippen LogP contribution in [0.15, 0.2) is 59.4 Å². The maximum Gasteiger partial charge on any atom is 0.316 e. The van der Waals surface area contributed by atoms with Crippen LogP contribution in [0.25, 0.3) is 11.4 Å². The predicted molar refractivity (Wildman–Crippen MR) is 75.1 cm³/mol. The van der Waals surface area contributed by atoms with Gasteiger partial charge in [-0.2, -0.15) is 4.98 Å². The van der Waals surface area contributed by atoms with E-state index in [1.54, 1.807) is 24.5 Å². The highest BCUT2D eigenvalue weighted by Crippen LogP contribution is 2.13. The van der Waals surface area contributed by atoms with Crippen molar-refractivity contribution in [1.82, 2.24) is 20.4 Å². The quantitative estimate of drug-likeness (QED) is 0.791. The number of pyridine rings is 1. The van der Waals surface area contributed by atoms with Crippen molar-refractivity contribution in [2.45, 2.75) is 6.54 Å². The molecule has 1 aromatic carbocycles. The van der Waals surface area contributed by atoms with Gasteiger partial charge in [-0.05, 0) is 17.7 Å². The lowest BCUT2D eigenvalue weighted by molar-refractivity contribution is 0.0907. The van der Waals surface area contributed by atoms with E-state index in [2.05, 4.69) is 20.4 Å². The first-order valence-corrected chi connectivity index (χ1v) is 6.39. The van der Waals surface area contributed by atoms with Gasteiger partial charge in [0.2, 0.25) is 5.82 Å². The Bertz CT molecular complexity index is 726. The van der Waals surface area contributed by atoms with Crippen LogP contribution < -0.4 is 5.32 Å². The molecule has 2 heterocycles. The molecular weight excluding hydrogens is 268 g/mol. The Labute approximate surface area is 120 Å². The van der Waals surface area contributed by atoms with Gasteiger partial charge in [-0.15, -0.1) is 0 Å². The second-order valence-corrected chi connectivity index (χ2v) is 4.33. The molecule has 104 valence electrons. The topological polar surface area (TPSA) is 80.9 Å². The van der Waals surface area contributed by atoms with E-state index < -0.39 is 5.91 Å². The molecule has 1 amide bonds. The number of aromatic nitrogens is 3. The Morgan fingerprint density at radius 2 is 2.00 bits per heavy atom. The molecule has 0 radical (unpaired) electrons. The van der Waals surface area contributed by atoms with E-state index in [4.69, 9.17) is 4.52 Å². The lowest BCUT2D eigenvalue weighted by Crippen LogP contribution is -2.23. The van der Waals surface area contributed by atoms with E-state index >= 15 is 0 Å². The lowest BCUT2D eigenvalue weighted by Gasteiger charge is -2.01. The first-order chi connectivity index (χ1) is 10.3. The number of rotatable bonds is 4. The van der Waals surface area contributed by atoms with Crippen LogP contribution in [0.5, 0.6) is 0 Å². The lowest BCUT2D eigenvalue weighted by atomic mass is 10.2. The number of carbonyl (C=O) groups is 1. The minimum absolute atomic E-state index is 0.0650. The van der Waals surface area contributed by atoms with Gasteiger partial charge in [0.15, 0.2) is 0 Å². The van der Waals surface area contributed by atoms with Crippen molar-refractivity contribution >= 4 is 5.91 Å². The molecule has 3 aromatic rings. The largest absolute Gasteiger partial charge is 0.344 e. The number of nitrogens with zero attached hydrogens (tertiary/aromatic N) is 3. The molecule has 0 unspecified atom stereocenters. The number of benzene rings is 1. The molecule has 0 spiro atoms. The molecule has 0 bridgehead atoms. The van der Waals surface area contributed by atoms with E-state index in [0.29, 0.717) is 17.9 Å². The summed E-state index contributed by atoms with van der Waals surface area (Å²) in [6.45, 7) is 0.407. The molecular formula is C15H12N4O2. The third kappa shape index (κ3) is 3.11. The van der Waals surface area contributed by atoms with Crippen molar-refractivity contribution in [2.24, 2.45) is 0 Å². The average molecular weight is 280 g/mol. The van der Waals surface area contributed by atoms with Crippen molar-refractivity contribution in [3.63, 3.8) is 0 Å². The van der Waals surface area contributed by atoms with Crippen LogP contribution in [-0.2, 0) is 6.54 Å². The first-order valence-electron chi connectivity index (χ1n) is 6.39. The van der Waals surface area contributed by atoms with E-state index in [1.165, 1.54) is 0 Å². The van der Waals surface area contributed by atoms with Crippen molar-refractivity contribution in [2.75, 3.05) is 0 Å². The highest BCUT2D eigenvalue weighted by Gasteiger charge is 2.15. The standard InChI is InChI=1S/C15H12N4O2/c20-14(17-9-11-5-2-1-3-6-11)15-18-13(19-21-15)12-7-4-8-16-10-12/h1-8,10H,9H2,(H,17,20). The highest BCUT2D eigenvalue weighted by atomic mass is 16.5. The van der Waals surface area contributed by atoms with Crippen LogP contribution >= 0.6 is 0 Å². The molecule has 0 fully saturated rings. The summed E-state index contributed by atoms with van der Waals surface area (Å²) in [6, 6.07) is 13.2. The highest BCUT2D eigenvalue weighted by molar-refractivity contribution is 5.89. The fraction of sp³-hybridized carbons (Fsp3) is 0.0667. The fourth-order valence-corrected chi connectivity index (χ4v) is 1.78. The summed E-state index contributed by atoms with van der Waals surface area (Å²) in [5.41, 5.74) is 1.70. The molecule has 6 heteroatoms. The molecule has 6 nitrogen and oxygen atoms in total. The van der Waals surface area contributed by atoms with Crippen LogP contribution in [-0.4, -0.2) is 21.0 Å². The number of hydrogen-bond acceptors (Lipinski definition) is 5. The van der Waals surface area contributed by atoms with Gasteiger partial charge in [0.25, 0.3) is 0 Å². The number of hydrogen-bond donors (Lipinski definition) is 1. The van der Waals surface area contributed by atoms with Gasteiger partial charge in [0, 0.05) is 24.5 Å². The Morgan fingerprint density at radius 1 is 1.14 bits per heavy atom. The van der Waals surface area contributed by atoms with Gasteiger partial charge in [0.05, 0.1) is 0 Å². The summed E-state index contributed by atoms with van der Waals surface area (Å²) in [6.07, 6.45) is 3.26. The monoisotopic (exact) mass is 280 g/mol.